The van der Waals surface area contributed by atoms with Crippen molar-refractivity contribution in [2.45, 2.75) is 37.0 Å². The summed E-state index contributed by atoms with van der Waals surface area (Å²) in [4.78, 5) is 13.0. The van der Waals surface area contributed by atoms with E-state index in [0.29, 0.717) is 24.3 Å². The van der Waals surface area contributed by atoms with Gasteiger partial charge in [0.05, 0.1) is 9.79 Å². The van der Waals surface area contributed by atoms with Gasteiger partial charge in [-0.2, -0.15) is 4.31 Å². The van der Waals surface area contributed by atoms with Crippen molar-refractivity contribution < 1.29 is 21.6 Å². The SMILES string of the molecule is Cc1ccc(NC(=O)c2cccc(S(=O)(=O)N3CC(C)CC(C)C3)c2)cc1S(=O)(=O)N(C)C. The number of nitrogens with one attached hydrogen (secondary N) is 1. The maximum absolute atomic E-state index is 13.2. The lowest BCUT2D eigenvalue weighted by Crippen LogP contribution is -2.42. The van der Waals surface area contributed by atoms with Crippen LogP contribution in [0.25, 0.3) is 0 Å². The third kappa shape index (κ3) is 5.46. The number of piperidine rings is 1. The van der Waals surface area contributed by atoms with Crippen LogP contribution in [0.4, 0.5) is 5.69 Å². The Labute approximate surface area is 196 Å². The molecule has 1 N–H and O–H groups in total. The van der Waals surface area contributed by atoms with Gasteiger partial charge in [-0.05, 0) is 61.1 Å². The molecule has 1 aliphatic rings. The molecule has 2 aromatic rings. The van der Waals surface area contributed by atoms with Crippen molar-refractivity contribution in [3.05, 3.63) is 53.6 Å². The van der Waals surface area contributed by atoms with Gasteiger partial charge in [-0.3, -0.25) is 4.79 Å². The number of hydrogen-bond donors (Lipinski definition) is 1. The molecule has 3 rings (SSSR count). The first-order valence-electron chi connectivity index (χ1n) is 10.8. The molecule has 1 amide bonds. The number of hydrogen-bond acceptors (Lipinski definition) is 5. The second-order valence-corrected chi connectivity index (χ2v) is 13.1. The fraction of sp³-hybridized carbons (Fsp3) is 0.435. The number of carbonyl (C=O) groups is 1. The highest BCUT2D eigenvalue weighted by molar-refractivity contribution is 7.89. The number of rotatable bonds is 6. The Morgan fingerprint density at radius 2 is 1.64 bits per heavy atom. The summed E-state index contributed by atoms with van der Waals surface area (Å²) in [5.74, 6) is 0.0119. The lowest BCUT2D eigenvalue weighted by molar-refractivity contribution is 0.102. The van der Waals surface area contributed by atoms with E-state index in [0.717, 1.165) is 10.7 Å². The van der Waals surface area contributed by atoms with Crippen LogP contribution >= 0.6 is 0 Å². The minimum absolute atomic E-state index is 0.0660. The molecule has 2 atom stereocenters. The van der Waals surface area contributed by atoms with Gasteiger partial charge in [0.15, 0.2) is 0 Å². The Balaban J connectivity index is 1.86. The van der Waals surface area contributed by atoms with Crippen LogP contribution in [0, 0.1) is 18.8 Å². The Bertz CT molecular complexity index is 1250. The highest BCUT2D eigenvalue weighted by atomic mass is 32.2. The molecule has 10 heteroatoms. The number of aryl methyl sites for hydroxylation is 1. The Morgan fingerprint density at radius 1 is 1.00 bits per heavy atom. The van der Waals surface area contributed by atoms with Gasteiger partial charge < -0.3 is 5.32 Å². The number of sulfonamides is 2. The predicted octanol–water partition coefficient (Wildman–Crippen LogP) is 3.16. The molecule has 8 nitrogen and oxygen atoms in total. The third-order valence-electron chi connectivity index (χ3n) is 5.77. The molecule has 0 saturated carbocycles. The van der Waals surface area contributed by atoms with E-state index >= 15 is 0 Å². The van der Waals surface area contributed by atoms with Crippen LogP contribution in [-0.2, 0) is 20.0 Å². The number of benzene rings is 2. The summed E-state index contributed by atoms with van der Waals surface area (Å²) in [5.41, 5.74) is 1.03. The first kappa shape index (κ1) is 25.4. The van der Waals surface area contributed by atoms with Crippen LogP contribution in [0.5, 0.6) is 0 Å². The molecule has 0 radical (unpaired) electrons. The van der Waals surface area contributed by atoms with Gasteiger partial charge in [0.1, 0.15) is 0 Å². The average molecular weight is 494 g/mol. The third-order valence-corrected chi connectivity index (χ3v) is 9.56. The average Bonchev–Trinajstić information content (AvgIpc) is 2.74. The summed E-state index contributed by atoms with van der Waals surface area (Å²) in [7, 11) is -4.53. The summed E-state index contributed by atoms with van der Waals surface area (Å²) in [5, 5.41) is 2.68. The normalized spacial score (nSPS) is 20.1. The van der Waals surface area contributed by atoms with E-state index in [1.54, 1.807) is 19.1 Å². The number of anilines is 1. The minimum Gasteiger partial charge on any atom is -0.322 e. The molecular weight excluding hydrogens is 462 g/mol. The quantitative estimate of drug-likeness (QED) is 0.666. The summed E-state index contributed by atoms with van der Waals surface area (Å²) >= 11 is 0. The fourth-order valence-electron chi connectivity index (χ4n) is 4.10. The first-order chi connectivity index (χ1) is 15.3. The van der Waals surface area contributed by atoms with Crippen molar-refractivity contribution in [2.24, 2.45) is 11.8 Å². The molecule has 2 aromatic carbocycles. The molecule has 1 fully saturated rings. The lowest BCUT2D eigenvalue weighted by Gasteiger charge is -2.34. The van der Waals surface area contributed by atoms with Crippen molar-refractivity contribution in [1.82, 2.24) is 8.61 Å². The van der Waals surface area contributed by atoms with Gasteiger partial charge in [-0.1, -0.05) is 26.0 Å². The smallest absolute Gasteiger partial charge is 0.255 e. The Hall–Kier alpha value is -2.27. The molecule has 0 aromatic heterocycles. The van der Waals surface area contributed by atoms with E-state index in [2.05, 4.69) is 5.32 Å². The number of amides is 1. The zero-order chi connectivity index (χ0) is 24.6. The van der Waals surface area contributed by atoms with Crippen LogP contribution in [-0.4, -0.2) is 58.5 Å². The van der Waals surface area contributed by atoms with E-state index in [-0.39, 0.29) is 27.2 Å². The Kier molecular flexibility index (Phi) is 7.33. The van der Waals surface area contributed by atoms with Gasteiger partial charge >= 0.3 is 0 Å². The van der Waals surface area contributed by atoms with Crippen LogP contribution in [0.2, 0.25) is 0 Å². The summed E-state index contributed by atoms with van der Waals surface area (Å²) in [6.07, 6.45) is 0.983. The predicted molar refractivity (Wildman–Crippen MR) is 128 cm³/mol. The molecule has 180 valence electrons. The topological polar surface area (TPSA) is 104 Å². The van der Waals surface area contributed by atoms with Crippen LogP contribution < -0.4 is 5.32 Å². The molecule has 2 unspecified atom stereocenters. The van der Waals surface area contributed by atoms with Crippen molar-refractivity contribution in [2.75, 3.05) is 32.5 Å². The summed E-state index contributed by atoms with van der Waals surface area (Å²) in [6.45, 7) is 6.66. The number of carbonyl (C=O) groups excluding carboxylic acids is 1. The second kappa shape index (κ2) is 9.54. The molecule has 0 bridgehead atoms. The van der Waals surface area contributed by atoms with Crippen molar-refractivity contribution in [3.63, 3.8) is 0 Å². The van der Waals surface area contributed by atoms with Crippen molar-refractivity contribution >= 4 is 31.6 Å². The molecule has 1 heterocycles. The van der Waals surface area contributed by atoms with Gasteiger partial charge in [-0.25, -0.2) is 21.1 Å². The van der Waals surface area contributed by atoms with E-state index in [1.807, 2.05) is 13.8 Å². The van der Waals surface area contributed by atoms with Gasteiger partial charge in [0.25, 0.3) is 5.91 Å². The van der Waals surface area contributed by atoms with E-state index in [1.165, 1.54) is 48.7 Å². The summed E-state index contributed by atoms with van der Waals surface area (Å²) in [6, 6.07) is 10.5. The molecule has 33 heavy (non-hydrogen) atoms. The number of nitrogens with zero attached hydrogens (tertiary/aromatic N) is 2. The first-order valence-corrected chi connectivity index (χ1v) is 13.6. The molecule has 0 aliphatic carbocycles. The highest BCUT2D eigenvalue weighted by Crippen LogP contribution is 2.27. The largest absolute Gasteiger partial charge is 0.322 e. The van der Waals surface area contributed by atoms with Gasteiger partial charge in [0.2, 0.25) is 20.0 Å². The maximum Gasteiger partial charge on any atom is 0.255 e. The van der Waals surface area contributed by atoms with E-state index in [4.69, 9.17) is 0 Å². The standard InChI is InChI=1S/C23H31N3O5S2/c1-16-11-17(2)15-26(14-16)32(28,29)21-8-6-7-19(12-21)23(27)24-20-10-9-18(3)22(13-20)33(30,31)25(4)5/h6-10,12-13,16-17H,11,14-15H2,1-5H3,(H,24,27). The monoisotopic (exact) mass is 493 g/mol. The minimum atomic E-state index is -3.73. The molecule has 1 saturated heterocycles. The van der Waals surface area contributed by atoms with Crippen LogP contribution in [0.15, 0.2) is 52.3 Å². The molecule has 0 spiro atoms. The lowest BCUT2D eigenvalue weighted by atomic mass is 9.94. The van der Waals surface area contributed by atoms with E-state index in [9.17, 15) is 21.6 Å². The van der Waals surface area contributed by atoms with Crippen molar-refractivity contribution in [1.29, 1.82) is 0 Å². The second-order valence-electron chi connectivity index (χ2n) is 9.02. The highest BCUT2D eigenvalue weighted by Gasteiger charge is 2.32. The van der Waals surface area contributed by atoms with Crippen LogP contribution in [0.1, 0.15) is 36.2 Å². The molecular formula is C23H31N3O5S2. The summed E-state index contributed by atoms with van der Waals surface area (Å²) < 4.78 is 54.1. The Morgan fingerprint density at radius 3 is 2.24 bits per heavy atom. The van der Waals surface area contributed by atoms with Crippen LogP contribution in [0.3, 0.4) is 0 Å². The van der Waals surface area contributed by atoms with E-state index < -0.39 is 26.0 Å². The zero-order valence-corrected chi connectivity index (χ0v) is 21.2. The van der Waals surface area contributed by atoms with Gasteiger partial charge in [0, 0.05) is 38.4 Å². The molecule has 1 aliphatic heterocycles. The fourth-order valence-corrected chi connectivity index (χ4v) is 6.97. The van der Waals surface area contributed by atoms with Crippen molar-refractivity contribution in [3.8, 4) is 0 Å². The van der Waals surface area contributed by atoms with Gasteiger partial charge in [-0.15, -0.1) is 0 Å². The maximum atomic E-state index is 13.2. The zero-order valence-electron chi connectivity index (χ0n) is 19.6.